The van der Waals surface area contributed by atoms with E-state index in [9.17, 15) is 4.79 Å². The highest BCUT2D eigenvalue weighted by Gasteiger charge is 2.16. The minimum Gasteiger partial charge on any atom is -0.486 e. The molecule has 2 aromatic carbocycles. The number of aromatic nitrogens is 1. The molecule has 0 fully saturated rings. The van der Waals surface area contributed by atoms with Crippen molar-refractivity contribution < 1.29 is 14.3 Å². The van der Waals surface area contributed by atoms with Crippen LogP contribution in [0.2, 0.25) is 0 Å². The van der Waals surface area contributed by atoms with E-state index in [1.54, 1.807) is 6.08 Å². The summed E-state index contributed by atoms with van der Waals surface area (Å²) in [6.07, 6.45) is 2.09. The molecule has 5 nitrogen and oxygen atoms in total. The van der Waals surface area contributed by atoms with Crippen LogP contribution < -0.4 is 14.3 Å². The molecule has 144 valence electrons. The normalized spacial score (nSPS) is 13.7. The van der Waals surface area contributed by atoms with Crippen LogP contribution >= 0.6 is 11.3 Å². The monoisotopic (exact) mass is 394 g/mol. The van der Waals surface area contributed by atoms with Crippen molar-refractivity contribution in [3.05, 3.63) is 64.5 Å². The van der Waals surface area contributed by atoms with Crippen LogP contribution in [-0.4, -0.2) is 23.7 Å². The van der Waals surface area contributed by atoms with Crippen molar-refractivity contribution in [3.63, 3.8) is 0 Å². The molecular formula is C22H22N2O3S. The van der Waals surface area contributed by atoms with Crippen LogP contribution in [0.15, 0.2) is 48.0 Å². The molecule has 0 radical (unpaired) electrons. The Balaban J connectivity index is 1.76. The van der Waals surface area contributed by atoms with Crippen molar-refractivity contribution in [1.29, 1.82) is 0 Å². The minimum absolute atomic E-state index is 0.157. The smallest absolute Gasteiger partial charge is 0.252 e. The molecule has 0 saturated carbocycles. The van der Waals surface area contributed by atoms with E-state index < -0.39 is 0 Å². The molecule has 28 heavy (non-hydrogen) atoms. The standard InChI is InChI=1S/C22H22N2O3S/c1-4-7-24-17-12-18-19(27-9-8-26-18)13-20(17)28-22(24)23-21(25)11-16-10-14(2)5-6-15(16)3/h4-6,10,12-13H,1,7-9,11H2,2-3H3. The van der Waals surface area contributed by atoms with Crippen LogP contribution in [0.1, 0.15) is 16.7 Å². The Kier molecular flexibility index (Phi) is 5.05. The Morgan fingerprint density at radius 3 is 2.71 bits per heavy atom. The van der Waals surface area contributed by atoms with E-state index in [4.69, 9.17) is 9.47 Å². The molecule has 0 aliphatic carbocycles. The fraction of sp³-hybridized carbons (Fsp3) is 0.273. The lowest BCUT2D eigenvalue weighted by Gasteiger charge is -2.18. The largest absolute Gasteiger partial charge is 0.486 e. The highest BCUT2D eigenvalue weighted by molar-refractivity contribution is 7.16. The molecule has 6 heteroatoms. The van der Waals surface area contributed by atoms with Crippen LogP contribution in [0.3, 0.4) is 0 Å². The number of carbonyl (C=O) groups excluding carboxylic acids is 1. The molecule has 1 amide bonds. The predicted molar refractivity (Wildman–Crippen MR) is 111 cm³/mol. The molecule has 1 aliphatic heterocycles. The highest BCUT2D eigenvalue weighted by Crippen LogP contribution is 2.35. The number of hydrogen-bond acceptors (Lipinski definition) is 4. The van der Waals surface area contributed by atoms with Crippen molar-refractivity contribution in [3.8, 4) is 11.5 Å². The van der Waals surface area contributed by atoms with Crippen molar-refractivity contribution in [2.24, 2.45) is 4.99 Å². The van der Waals surface area contributed by atoms with E-state index in [-0.39, 0.29) is 5.91 Å². The molecule has 4 rings (SSSR count). The molecule has 3 aromatic rings. The lowest BCUT2D eigenvalue weighted by molar-refractivity contribution is -0.117. The van der Waals surface area contributed by atoms with E-state index in [1.807, 2.05) is 42.7 Å². The zero-order valence-electron chi connectivity index (χ0n) is 16.0. The third-order valence-electron chi connectivity index (χ3n) is 4.73. The Morgan fingerprint density at radius 1 is 1.21 bits per heavy atom. The van der Waals surface area contributed by atoms with Gasteiger partial charge < -0.3 is 14.0 Å². The summed E-state index contributed by atoms with van der Waals surface area (Å²) >= 11 is 1.48. The van der Waals surface area contributed by atoms with Crippen LogP contribution in [0.5, 0.6) is 11.5 Å². The molecule has 1 aliphatic rings. The molecule has 0 spiro atoms. The van der Waals surface area contributed by atoms with Gasteiger partial charge in [0.05, 0.1) is 16.6 Å². The SMILES string of the molecule is C=CCn1c(=NC(=O)Cc2cc(C)ccc2C)sc2cc3c(cc21)OCCO3. The molecule has 0 atom stereocenters. The number of ether oxygens (including phenoxy) is 2. The quantitative estimate of drug-likeness (QED) is 0.630. The van der Waals surface area contributed by atoms with Gasteiger partial charge in [-0.2, -0.15) is 4.99 Å². The molecule has 1 aromatic heterocycles. The van der Waals surface area contributed by atoms with Crippen LogP contribution in [0, 0.1) is 13.8 Å². The van der Waals surface area contributed by atoms with Crippen LogP contribution in [0.4, 0.5) is 0 Å². The first-order chi connectivity index (χ1) is 13.5. The third kappa shape index (κ3) is 3.60. The fourth-order valence-electron chi connectivity index (χ4n) is 3.30. The zero-order chi connectivity index (χ0) is 19.7. The van der Waals surface area contributed by atoms with E-state index in [2.05, 4.69) is 17.6 Å². The second-order valence-electron chi connectivity index (χ2n) is 6.86. The maximum Gasteiger partial charge on any atom is 0.252 e. The number of fused-ring (bicyclic) bond motifs is 2. The van der Waals surface area contributed by atoms with Crippen molar-refractivity contribution in [1.82, 2.24) is 4.57 Å². The summed E-state index contributed by atoms with van der Waals surface area (Å²) in [5.74, 6) is 1.30. The summed E-state index contributed by atoms with van der Waals surface area (Å²) in [5.41, 5.74) is 4.23. The first-order valence-corrected chi connectivity index (χ1v) is 10.0. The number of benzene rings is 2. The van der Waals surface area contributed by atoms with Gasteiger partial charge in [-0.3, -0.25) is 4.79 Å². The molecule has 0 saturated heterocycles. The minimum atomic E-state index is -0.157. The lowest BCUT2D eigenvalue weighted by atomic mass is 10.0. The maximum atomic E-state index is 12.7. The van der Waals surface area contributed by atoms with Crippen molar-refractivity contribution in [2.45, 2.75) is 26.8 Å². The molecular weight excluding hydrogens is 372 g/mol. The Hall–Kier alpha value is -2.86. The second kappa shape index (κ2) is 7.64. The Bertz CT molecular complexity index is 1140. The summed E-state index contributed by atoms with van der Waals surface area (Å²) in [4.78, 5) is 17.8. The summed E-state index contributed by atoms with van der Waals surface area (Å²) in [6, 6.07) is 10.1. The number of rotatable bonds is 4. The lowest BCUT2D eigenvalue weighted by Crippen LogP contribution is -2.17. The average Bonchev–Trinajstić information content (AvgIpc) is 2.99. The molecule has 2 heterocycles. The number of carbonyl (C=O) groups is 1. The van der Waals surface area contributed by atoms with Gasteiger partial charge in [-0.25, -0.2) is 0 Å². The van der Waals surface area contributed by atoms with Gasteiger partial charge in [0.1, 0.15) is 13.2 Å². The van der Waals surface area contributed by atoms with E-state index in [0.717, 1.165) is 38.4 Å². The number of hydrogen-bond donors (Lipinski definition) is 0. The Morgan fingerprint density at radius 2 is 1.96 bits per heavy atom. The van der Waals surface area contributed by atoms with Gasteiger partial charge in [-0.15, -0.1) is 6.58 Å². The average molecular weight is 394 g/mol. The number of aryl methyl sites for hydroxylation is 2. The molecule has 0 N–H and O–H groups in total. The molecule has 0 unspecified atom stereocenters. The number of amides is 1. The van der Waals surface area contributed by atoms with E-state index >= 15 is 0 Å². The summed E-state index contributed by atoms with van der Waals surface area (Å²) in [7, 11) is 0. The number of thiazole rings is 1. The maximum absolute atomic E-state index is 12.7. The topological polar surface area (TPSA) is 52.8 Å². The highest BCUT2D eigenvalue weighted by atomic mass is 32.1. The first kappa shape index (κ1) is 18.5. The zero-order valence-corrected chi connectivity index (χ0v) is 16.8. The van der Waals surface area contributed by atoms with Gasteiger partial charge >= 0.3 is 0 Å². The molecule has 0 bridgehead atoms. The first-order valence-electron chi connectivity index (χ1n) is 9.22. The number of allylic oxidation sites excluding steroid dienone is 1. The van der Waals surface area contributed by atoms with Gasteiger partial charge in [0.25, 0.3) is 5.91 Å². The van der Waals surface area contributed by atoms with Crippen LogP contribution in [0.25, 0.3) is 10.2 Å². The van der Waals surface area contributed by atoms with E-state index in [1.165, 1.54) is 11.3 Å². The second-order valence-corrected chi connectivity index (χ2v) is 7.87. The number of nitrogens with zero attached hydrogens (tertiary/aromatic N) is 2. The van der Waals surface area contributed by atoms with Gasteiger partial charge in [0, 0.05) is 18.7 Å². The van der Waals surface area contributed by atoms with Crippen LogP contribution in [-0.2, 0) is 17.8 Å². The summed E-state index contributed by atoms with van der Waals surface area (Å²) in [5, 5.41) is 0. The van der Waals surface area contributed by atoms with Crippen molar-refractivity contribution >= 4 is 27.5 Å². The van der Waals surface area contributed by atoms with Gasteiger partial charge in [-0.1, -0.05) is 41.2 Å². The summed E-state index contributed by atoms with van der Waals surface area (Å²) in [6.45, 7) is 9.53. The third-order valence-corrected chi connectivity index (χ3v) is 5.77. The van der Waals surface area contributed by atoms with E-state index in [0.29, 0.717) is 31.0 Å². The van der Waals surface area contributed by atoms with Crippen molar-refractivity contribution in [2.75, 3.05) is 13.2 Å². The van der Waals surface area contributed by atoms with Gasteiger partial charge in [0.15, 0.2) is 16.3 Å². The van der Waals surface area contributed by atoms with Gasteiger partial charge in [-0.05, 0) is 25.0 Å². The summed E-state index contributed by atoms with van der Waals surface area (Å²) < 4.78 is 14.4. The van der Waals surface area contributed by atoms with Gasteiger partial charge in [0.2, 0.25) is 0 Å². The fourth-order valence-corrected chi connectivity index (χ4v) is 4.36. The Labute approximate surface area is 167 Å². The predicted octanol–water partition coefficient (Wildman–Crippen LogP) is 3.95.